The Kier molecular flexibility index (Phi) is 4.82. The van der Waals surface area contributed by atoms with Crippen LogP contribution < -0.4 is 4.90 Å². The van der Waals surface area contributed by atoms with E-state index in [2.05, 4.69) is 0 Å². The van der Waals surface area contributed by atoms with Gasteiger partial charge in [0.2, 0.25) is 11.8 Å². The summed E-state index contributed by atoms with van der Waals surface area (Å²) in [6, 6.07) is 3.38. The molecule has 31 heavy (non-hydrogen) atoms. The molecule has 3 heterocycles. The van der Waals surface area contributed by atoms with Crippen molar-refractivity contribution in [3.63, 3.8) is 0 Å². The molecule has 162 valence electrons. The van der Waals surface area contributed by atoms with Crippen molar-refractivity contribution in [2.45, 2.75) is 31.8 Å². The Balaban J connectivity index is 1.78. The largest absolute Gasteiger partial charge is 0.422 e. The molecule has 2 fully saturated rings. The van der Waals surface area contributed by atoms with Crippen molar-refractivity contribution in [2.75, 3.05) is 4.90 Å². The van der Waals surface area contributed by atoms with Gasteiger partial charge in [-0.05, 0) is 12.1 Å². The van der Waals surface area contributed by atoms with E-state index in [4.69, 9.17) is 25.8 Å². The molecule has 3 aliphatic heterocycles. The van der Waals surface area contributed by atoms with Gasteiger partial charge in [-0.3, -0.25) is 29.3 Å². The highest BCUT2D eigenvalue weighted by molar-refractivity contribution is 6.36. The average molecular weight is 451 g/mol. The molecule has 3 aliphatic rings. The number of anilines is 1. The summed E-state index contributed by atoms with van der Waals surface area (Å²) >= 11 is 6.14. The lowest BCUT2D eigenvalue weighted by atomic mass is 9.76. The summed E-state index contributed by atoms with van der Waals surface area (Å²) in [5.41, 5.74) is -2.23. The Hall–Kier alpha value is -3.31. The third-order valence-corrected chi connectivity index (χ3v) is 5.69. The Morgan fingerprint density at radius 2 is 1.87 bits per heavy atom. The fourth-order valence-corrected chi connectivity index (χ4v) is 4.44. The Morgan fingerprint density at radius 1 is 1.23 bits per heavy atom. The van der Waals surface area contributed by atoms with Crippen LogP contribution in [0.3, 0.4) is 0 Å². The molecule has 0 aliphatic carbocycles. The van der Waals surface area contributed by atoms with Crippen LogP contribution in [-0.4, -0.2) is 46.7 Å². The monoisotopic (exact) mass is 450 g/mol. The second kappa shape index (κ2) is 7.13. The lowest BCUT2D eigenvalue weighted by Crippen LogP contribution is -2.52. The number of carbonyl (C=O) groups excluding carboxylic acids is 4. The number of halogens is 1. The Labute approximate surface area is 179 Å². The number of nitro benzene ring substituents is 1. The molecule has 4 atom stereocenters. The fraction of sp³-hybridized carbons (Fsp3) is 0.368. The number of hydrogen-bond acceptors (Lipinski definition) is 9. The second-order valence-corrected chi connectivity index (χ2v) is 7.66. The first kappa shape index (κ1) is 20.9. The van der Waals surface area contributed by atoms with Gasteiger partial charge in [-0.2, -0.15) is 0 Å². The number of esters is 2. The van der Waals surface area contributed by atoms with Crippen molar-refractivity contribution in [1.29, 1.82) is 0 Å². The predicted octanol–water partition coefficient (Wildman–Crippen LogP) is 1.51. The van der Waals surface area contributed by atoms with E-state index in [9.17, 15) is 29.3 Å². The molecule has 0 unspecified atom stereocenters. The highest BCUT2D eigenvalue weighted by atomic mass is 35.5. The van der Waals surface area contributed by atoms with E-state index >= 15 is 0 Å². The highest BCUT2D eigenvalue weighted by Crippen LogP contribution is 2.55. The van der Waals surface area contributed by atoms with Crippen molar-refractivity contribution < 1.29 is 38.3 Å². The number of ether oxygens (including phenoxy) is 3. The van der Waals surface area contributed by atoms with Gasteiger partial charge in [-0.25, -0.2) is 4.90 Å². The van der Waals surface area contributed by atoms with E-state index in [-0.39, 0.29) is 16.4 Å². The zero-order valence-corrected chi connectivity index (χ0v) is 16.9. The quantitative estimate of drug-likeness (QED) is 0.163. The maximum absolute atomic E-state index is 13.4. The molecule has 0 aromatic heterocycles. The summed E-state index contributed by atoms with van der Waals surface area (Å²) in [7, 11) is 0. The van der Waals surface area contributed by atoms with Gasteiger partial charge in [-0.1, -0.05) is 17.7 Å². The number of nitrogens with zero attached hydrogens (tertiary/aromatic N) is 2. The third-order valence-electron chi connectivity index (χ3n) is 5.37. The van der Waals surface area contributed by atoms with Crippen LogP contribution in [-0.2, 0) is 33.4 Å². The van der Waals surface area contributed by atoms with Crippen molar-refractivity contribution in [2.24, 2.45) is 11.8 Å². The number of nitro groups is 1. The van der Waals surface area contributed by atoms with Crippen LogP contribution in [0.5, 0.6) is 0 Å². The number of hydrogen-bond donors (Lipinski definition) is 0. The average Bonchev–Trinajstić information content (AvgIpc) is 3.32. The standard InChI is InChI=1S/C19H15ClN2O9/c1-8(23)29-18(30-9(2)24)19-6-5-13(31-19)14-15(19)17(26)21(16(14)25)12-7-10(22(27)28)3-4-11(12)20/h3-7,13-15,18H,1-2H3/t13-,14-,15-,19-/m1/s1. The molecule has 1 aromatic rings. The van der Waals surface area contributed by atoms with Crippen molar-refractivity contribution in [3.05, 3.63) is 45.5 Å². The first-order valence-electron chi connectivity index (χ1n) is 9.10. The van der Waals surface area contributed by atoms with Gasteiger partial charge in [0.15, 0.2) is 5.60 Å². The molecule has 2 bridgehead atoms. The van der Waals surface area contributed by atoms with Crippen LogP contribution in [0.1, 0.15) is 13.8 Å². The molecule has 1 aromatic carbocycles. The molecule has 12 heteroatoms. The van der Waals surface area contributed by atoms with E-state index in [0.29, 0.717) is 0 Å². The minimum atomic E-state index is -1.72. The lowest BCUT2D eigenvalue weighted by molar-refractivity contribution is -0.384. The molecular formula is C19H15ClN2O9. The van der Waals surface area contributed by atoms with Gasteiger partial charge >= 0.3 is 11.9 Å². The molecule has 0 N–H and O–H groups in total. The first-order valence-corrected chi connectivity index (χ1v) is 9.48. The fourth-order valence-electron chi connectivity index (χ4n) is 4.24. The SMILES string of the molecule is CC(=O)OC(OC(C)=O)[C@]12C=C[C@@H](O1)[C@H]1C(=O)N(c3cc([N+](=O)[O-])ccc3Cl)C(=O)[C@@H]12. The smallest absolute Gasteiger partial charge is 0.305 e. The van der Waals surface area contributed by atoms with Crippen LogP contribution in [0.25, 0.3) is 0 Å². The summed E-state index contributed by atoms with van der Waals surface area (Å²) in [4.78, 5) is 61.0. The van der Waals surface area contributed by atoms with Crippen molar-refractivity contribution in [1.82, 2.24) is 0 Å². The normalized spacial score (nSPS) is 28.3. The maximum atomic E-state index is 13.4. The second-order valence-electron chi connectivity index (χ2n) is 7.25. The van der Waals surface area contributed by atoms with Crippen LogP contribution in [0, 0.1) is 22.0 Å². The Bertz CT molecular complexity index is 1050. The van der Waals surface area contributed by atoms with Crippen LogP contribution in [0.2, 0.25) is 5.02 Å². The Morgan fingerprint density at radius 3 is 2.45 bits per heavy atom. The van der Waals surface area contributed by atoms with E-state index in [1.165, 1.54) is 18.2 Å². The minimum Gasteiger partial charge on any atom is -0.422 e. The van der Waals surface area contributed by atoms with Gasteiger partial charge in [0.05, 0.1) is 33.6 Å². The zero-order chi connectivity index (χ0) is 22.7. The van der Waals surface area contributed by atoms with E-state index in [1.54, 1.807) is 0 Å². The molecule has 0 radical (unpaired) electrons. The summed E-state index contributed by atoms with van der Waals surface area (Å²) in [6.45, 7) is 2.18. The molecule has 2 amide bonds. The van der Waals surface area contributed by atoms with E-state index in [0.717, 1.165) is 30.9 Å². The number of fused-ring (bicyclic) bond motifs is 5. The zero-order valence-electron chi connectivity index (χ0n) is 16.1. The number of imide groups is 1. The lowest BCUT2D eigenvalue weighted by Gasteiger charge is -2.34. The molecular weight excluding hydrogens is 436 g/mol. The van der Waals surface area contributed by atoms with Gasteiger partial charge in [0, 0.05) is 26.0 Å². The van der Waals surface area contributed by atoms with Crippen LogP contribution in [0.4, 0.5) is 11.4 Å². The summed E-state index contributed by atoms with van der Waals surface area (Å²) < 4.78 is 16.1. The van der Waals surface area contributed by atoms with E-state index in [1.807, 2.05) is 0 Å². The van der Waals surface area contributed by atoms with Crippen molar-refractivity contribution >= 4 is 46.7 Å². The molecule has 2 saturated heterocycles. The van der Waals surface area contributed by atoms with Crippen LogP contribution >= 0.6 is 11.6 Å². The van der Waals surface area contributed by atoms with E-state index < -0.39 is 58.5 Å². The van der Waals surface area contributed by atoms with Crippen molar-refractivity contribution in [3.8, 4) is 0 Å². The van der Waals surface area contributed by atoms with Gasteiger partial charge in [-0.15, -0.1) is 0 Å². The predicted molar refractivity (Wildman–Crippen MR) is 102 cm³/mol. The number of non-ortho nitro benzene ring substituents is 1. The number of carbonyl (C=O) groups is 4. The van der Waals surface area contributed by atoms with Gasteiger partial charge in [0.25, 0.3) is 12.0 Å². The minimum absolute atomic E-state index is 0.0425. The summed E-state index contributed by atoms with van der Waals surface area (Å²) in [6.07, 6.45) is 0.484. The topological polar surface area (TPSA) is 142 Å². The molecule has 0 spiro atoms. The maximum Gasteiger partial charge on any atom is 0.305 e. The highest BCUT2D eigenvalue weighted by Gasteiger charge is 2.72. The number of benzene rings is 1. The van der Waals surface area contributed by atoms with Gasteiger partial charge < -0.3 is 14.2 Å². The number of amides is 2. The third kappa shape index (κ3) is 3.08. The molecule has 4 rings (SSSR count). The van der Waals surface area contributed by atoms with Crippen LogP contribution in [0.15, 0.2) is 30.4 Å². The summed E-state index contributed by atoms with van der Waals surface area (Å²) in [5, 5.41) is 11.1. The molecule has 0 saturated carbocycles. The number of rotatable bonds is 5. The molecule has 11 nitrogen and oxygen atoms in total. The summed E-state index contributed by atoms with van der Waals surface area (Å²) in [5.74, 6) is -5.25. The van der Waals surface area contributed by atoms with Gasteiger partial charge in [0.1, 0.15) is 0 Å². The first-order chi connectivity index (χ1) is 14.6.